The molecule has 0 aliphatic rings. The number of hydrogen-bond donors (Lipinski definition) is 3. The standard InChI is InChI=1S/C16H18N2O4S/c1-16(21,13-8-5-9-22-13)10-17-14(19)15(20)18-11-6-3-4-7-12(11)23-2/h3-9,21H,10H2,1-2H3,(H,17,19)(H,18,20)/t16-/m0/s1. The summed E-state index contributed by atoms with van der Waals surface area (Å²) in [6.45, 7) is 1.35. The van der Waals surface area contributed by atoms with Crippen LogP contribution in [-0.2, 0) is 15.2 Å². The summed E-state index contributed by atoms with van der Waals surface area (Å²) in [5, 5.41) is 15.2. The van der Waals surface area contributed by atoms with Crippen molar-refractivity contribution in [2.24, 2.45) is 0 Å². The maximum absolute atomic E-state index is 11.9. The van der Waals surface area contributed by atoms with Crippen molar-refractivity contribution in [1.82, 2.24) is 5.32 Å². The first kappa shape index (κ1) is 17.1. The van der Waals surface area contributed by atoms with Crippen molar-refractivity contribution in [3.63, 3.8) is 0 Å². The van der Waals surface area contributed by atoms with E-state index in [-0.39, 0.29) is 6.54 Å². The van der Waals surface area contributed by atoms with Crippen LogP contribution < -0.4 is 10.6 Å². The van der Waals surface area contributed by atoms with Gasteiger partial charge in [-0.3, -0.25) is 9.59 Å². The van der Waals surface area contributed by atoms with Crippen LogP contribution >= 0.6 is 11.8 Å². The lowest BCUT2D eigenvalue weighted by molar-refractivity contribution is -0.136. The number of anilines is 1. The molecule has 0 bridgehead atoms. The highest BCUT2D eigenvalue weighted by Gasteiger charge is 2.28. The summed E-state index contributed by atoms with van der Waals surface area (Å²) < 4.78 is 5.11. The van der Waals surface area contributed by atoms with E-state index in [4.69, 9.17) is 4.42 Å². The smallest absolute Gasteiger partial charge is 0.313 e. The monoisotopic (exact) mass is 334 g/mol. The Kier molecular flexibility index (Phi) is 5.46. The van der Waals surface area contributed by atoms with Gasteiger partial charge in [0.15, 0.2) is 0 Å². The van der Waals surface area contributed by atoms with Crippen LogP contribution in [-0.4, -0.2) is 29.7 Å². The third-order valence-corrected chi connectivity index (χ3v) is 4.00. The van der Waals surface area contributed by atoms with Crippen molar-refractivity contribution in [3.8, 4) is 0 Å². The highest BCUT2D eigenvalue weighted by molar-refractivity contribution is 7.98. The molecule has 0 spiro atoms. The predicted molar refractivity (Wildman–Crippen MR) is 88.1 cm³/mol. The van der Waals surface area contributed by atoms with E-state index >= 15 is 0 Å². The van der Waals surface area contributed by atoms with Crippen LogP contribution in [0.5, 0.6) is 0 Å². The molecule has 1 atom stereocenters. The summed E-state index contributed by atoms with van der Waals surface area (Å²) in [7, 11) is 0. The molecule has 7 heteroatoms. The molecule has 1 heterocycles. The van der Waals surface area contributed by atoms with E-state index in [1.54, 1.807) is 24.3 Å². The van der Waals surface area contributed by atoms with Crippen LogP contribution in [0.1, 0.15) is 12.7 Å². The second-order valence-electron chi connectivity index (χ2n) is 5.09. The first-order valence-corrected chi connectivity index (χ1v) is 8.15. The van der Waals surface area contributed by atoms with Crippen molar-refractivity contribution in [2.75, 3.05) is 18.1 Å². The fourth-order valence-electron chi connectivity index (χ4n) is 1.93. The minimum Gasteiger partial charge on any atom is -0.466 e. The van der Waals surface area contributed by atoms with Crippen molar-refractivity contribution >= 4 is 29.3 Å². The molecule has 2 amide bonds. The van der Waals surface area contributed by atoms with E-state index < -0.39 is 17.4 Å². The van der Waals surface area contributed by atoms with Crippen LogP contribution in [0.25, 0.3) is 0 Å². The highest BCUT2D eigenvalue weighted by Crippen LogP contribution is 2.24. The quantitative estimate of drug-likeness (QED) is 0.574. The van der Waals surface area contributed by atoms with Gasteiger partial charge in [-0.2, -0.15) is 0 Å². The molecule has 2 rings (SSSR count). The molecule has 3 N–H and O–H groups in total. The van der Waals surface area contributed by atoms with Crippen LogP contribution in [0.4, 0.5) is 5.69 Å². The molecule has 0 aliphatic heterocycles. The molecule has 2 aromatic rings. The summed E-state index contributed by atoms with van der Waals surface area (Å²) >= 11 is 1.47. The van der Waals surface area contributed by atoms with Gasteiger partial charge in [0.05, 0.1) is 18.5 Å². The number of aliphatic hydroxyl groups is 1. The van der Waals surface area contributed by atoms with Crippen LogP contribution in [0.15, 0.2) is 52.0 Å². The Balaban J connectivity index is 1.94. The third kappa shape index (κ3) is 4.37. The number of para-hydroxylation sites is 1. The average Bonchev–Trinajstić information content (AvgIpc) is 3.08. The Labute approximate surface area is 138 Å². The molecule has 23 heavy (non-hydrogen) atoms. The van der Waals surface area contributed by atoms with Gasteiger partial charge in [0.1, 0.15) is 11.4 Å². The number of thioether (sulfide) groups is 1. The van der Waals surface area contributed by atoms with E-state index in [0.29, 0.717) is 11.4 Å². The Morgan fingerprint density at radius 2 is 1.96 bits per heavy atom. The lowest BCUT2D eigenvalue weighted by Gasteiger charge is -2.21. The number of hydrogen-bond acceptors (Lipinski definition) is 5. The molecule has 1 aromatic carbocycles. The van der Waals surface area contributed by atoms with Crippen molar-refractivity contribution in [1.29, 1.82) is 0 Å². The molecular formula is C16H18N2O4S. The summed E-state index contributed by atoms with van der Waals surface area (Å²) in [6, 6.07) is 10.4. The molecule has 0 radical (unpaired) electrons. The minimum absolute atomic E-state index is 0.142. The second-order valence-corrected chi connectivity index (χ2v) is 5.94. The van der Waals surface area contributed by atoms with Crippen LogP contribution in [0.3, 0.4) is 0 Å². The highest BCUT2D eigenvalue weighted by atomic mass is 32.2. The van der Waals surface area contributed by atoms with Gasteiger partial charge in [0.25, 0.3) is 0 Å². The lowest BCUT2D eigenvalue weighted by atomic mass is 10.0. The van der Waals surface area contributed by atoms with Gasteiger partial charge in [-0.25, -0.2) is 0 Å². The zero-order valence-electron chi connectivity index (χ0n) is 12.8. The number of rotatable bonds is 5. The minimum atomic E-state index is -1.39. The first-order valence-electron chi connectivity index (χ1n) is 6.92. The number of benzene rings is 1. The molecule has 0 aliphatic carbocycles. The number of nitrogens with one attached hydrogen (secondary N) is 2. The van der Waals surface area contributed by atoms with Gasteiger partial charge in [0, 0.05) is 4.90 Å². The third-order valence-electron chi connectivity index (χ3n) is 3.21. The Morgan fingerprint density at radius 3 is 2.61 bits per heavy atom. The Bertz CT molecular complexity index is 683. The second kappa shape index (κ2) is 7.34. The summed E-state index contributed by atoms with van der Waals surface area (Å²) in [5.74, 6) is -1.31. The molecular weight excluding hydrogens is 316 g/mol. The lowest BCUT2D eigenvalue weighted by Crippen LogP contribution is -2.43. The maximum Gasteiger partial charge on any atom is 0.313 e. The SMILES string of the molecule is CSc1ccccc1NC(=O)C(=O)NC[C@](C)(O)c1ccco1. The van der Waals surface area contributed by atoms with E-state index in [1.807, 2.05) is 18.4 Å². The van der Waals surface area contributed by atoms with Gasteiger partial charge >= 0.3 is 11.8 Å². The normalized spacial score (nSPS) is 13.2. The number of amides is 2. The number of furan rings is 1. The fourth-order valence-corrected chi connectivity index (χ4v) is 2.49. The number of carbonyl (C=O) groups excluding carboxylic acids is 2. The number of carbonyl (C=O) groups is 2. The van der Waals surface area contributed by atoms with Crippen LogP contribution in [0, 0.1) is 0 Å². The van der Waals surface area contributed by atoms with Gasteiger partial charge < -0.3 is 20.2 Å². The summed E-state index contributed by atoms with van der Waals surface area (Å²) in [6.07, 6.45) is 3.31. The fraction of sp³-hybridized carbons (Fsp3) is 0.250. The van der Waals surface area contributed by atoms with Gasteiger partial charge in [-0.1, -0.05) is 12.1 Å². The average molecular weight is 334 g/mol. The zero-order valence-corrected chi connectivity index (χ0v) is 13.6. The first-order chi connectivity index (χ1) is 10.9. The van der Waals surface area contributed by atoms with E-state index in [1.165, 1.54) is 24.9 Å². The molecule has 122 valence electrons. The van der Waals surface area contributed by atoms with E-state index in [9.17, 15) is 14.7 Å². The molecule has 6 nitrogen and oxygen atoms in total. The van der Waals surface area contributed by atoms with E-state index in [2.05, 4.69) is 10.6 Å². The van der Waals surface area contributed by atoms with Crippen LogP contribution in [0.2, 0.25) is 0 Å². The van der Waals surface area contributed by atoms with Crippen molar-refractivity contribution < 1.29 is 19.1 Å². The Hall–Kier alpha value is -2.25. The Morgan fingerprint density at radius 1 is 1.22 bits per heavy atom. The summed E-state index contributed by atoms with van der Waals surface area (Å²) in [5.41, 5.74) is -0.825. The molecule has 0 saturated carbocycles. The molecule has 0 unspecified atom stereocenters. The van der Waals surface area contributed by atoms with Crippen molar-refractivity contribution in [2.45, 2.75) is 17.4 Å². The van der Waals surface area contributed by atoms with Gasteiger partial charge in [0.2, 0.25) is 0 Å². The largest absolute Gasteiger partial charge is 0.466 e. The predicted octanol–water partition coefficient (Wildman–Crippen LogP) is 1.96. The molecule has 0 fully saturated rings. The molecule has 1 aromatic heterocycles. The van der Waals surface area contributed by atoms with Gasteiger partial charge in [-0.15, -0.1) is 11.8 Å². The van der Waals surface area contributed by atoms with Crippen molar-refractivity contribution in [3.05, 3.63) is 48.4 Å². The van der Waals surface area contributed by atoms with Gasteiger partial charge in [-0.05, 0) is 37.4 Å². The summed E-state index contributed by atoms with van der Waals surface area (Å²) in [4.78, 5) is 24.7. The molecule has 0 saturated heterocycles. The zero-order chi connectivity index (χ0) is 16.9. The maximum atomic E-state index is 11.9. The topological polar surface area (TPSA) is 91.6 Å². The van der Waals surface area contributed by atoms with E-state index in [0.717, 1.165) is 4.90 Å².